The molecule has 2 aromatic rings. The van der Waals surface area contributed by atoms with Crippen LogP contribution in [0.15, 0.2) is 46.1 Å². The summed E-state index contributed by atoms with van der Waals surface area (Å²) in [5.74, 6) is 1.58. The quantitative estimate of drug-likeness (QED) is 0.500. The number of methoxy groups -OCH3 is 1. The predicted molar refractivity (Wildman–Crippen MR) is 105 cm³/mol. The molecule has 0 saturated heterocycles. The third-order valence-corrected chi connectivity index (χ3v) is 4.58. The zero-order valence-corrected chi connectivity index (χ0v) is 15.9. The Morgan fingerprint density at radius 2 is 2.00 bits per heavy atom. The minimum Gasteiger partial charge on any atom is -0.497 e. The molecule has 0 fully saturated rings. The first-order valence-corrected chi connectivity index (χ1v) is 9.39. The lowest BCUT2D eigenvalue weighted by atomic mass is 10.00. The largest absolute Gasteiger partial charge is 0.497 e. The van der Waals surface area contributed by atoms with Crippen molar-refractivity contribution in [1.82, 2.24) is 10.6 Å². The van der Waals surface area contributed by atoms with Crippen LogP contribution in [0.2, 0.25) is 0 Å². The van der Waals surface area contributed by atoms with Crippen LogP contribution in [0.3, 0.4) is 0 Å². The van der Waals surface area contributed by atoms with E-state index in [1.165, 1.54) is 5.56 Å². The monoisotopic (exact) mass is 361 g/mol. The number of aliphatic hydroxyl groups is 1. The van der Waals surface area contributed by atoms with Gasteiger partial charge in [0.2, 0.25) is 0 Å². The second kappa shape index (κ2) is 9.44. The molecule has 0 amide bonds. The van der Waals surface area contributed by atoms with Gasteiger partial charge in [-0.25, -0.2) is 4.99 Å². The number of benzene rings is 1. The maximum absolute atomic E-state index is 10.6. The Bertz CT molecular complexity index is 652. The topological polar surface area (TPSA) is 65.9 Å². The van der Waals surface area contributed by atoms with Crippen molar-refractivity contribution in [3.8, 4) is 5.75 Å². The molecule has 1 atom stereocenters. The fraction of sp³-hybridized carbons (Fsp3) is 0.421. The van der Waals surface area contributed by atoms with Crippen molar-refractivity contribution >= 4 is 17.3 Å². The summed E-state index contributed by atoms with van der Waals surface area (Å²) in [6.45, 7) is 5.66. The van der Waals surface area contributed by atoms with Gasteiger partial charge in [0.25, 0.3) is 0 Å². The maximum atomic E-state index is 10.6. The molecule has 1 heterocycles. The molecule has 0 bridgehead atoms. The van der Waals surface area contributed by atoms with Crippen molar-refractivity contribution in [1.29, 1.82) is 0 Å². The van der Waals surface area contributed by atoms with E-state index < -0.39 is 5.60 Å². The number of rotatable bonds is 8. The number of hydrogen-bond donors (Lipinski definition) is 3. The van der Waals surface area contributed by atoms with E-state index in [1.807, 2.05) is 35.9 Å². The molecular formula is C19H27N3O2S. The summed E-state index contributed by atoms with van der Waals surface area (Å²) in [4.78, 5) is 4.53. The van der Waals surface area contributed by atoms with Gasteiger partial charge >= 0.3 is 0 Å². The molecule has 5 nitrogen and oxygen atoms in total. The van der Waals surface area contributed by atoms with Gasteiger partial charge in [0.1, 0.15) is 11.4 Å². The van der Waals surface area contributed by atoms with E-state index in [0.29, 0.717) is 12.5 Å². The molecule has 1 aromatic carbocycles. The van der Waals surface area contributed by atoms with E-state index >= 15 is 0 Å². The Kier molecular flexibility index (Phi) is 7.28. The van der Waals surface area contributed by atoms with Gasteiger partial charge < -0.3 is 20.5 Å². The van der Waals surface area contributed by atoms with Gasteiger partial charge in [0, 0.05) is 13.1 Å². The fourth-order valence-electron chi connectivity index (χ4n) is 2.35. The fourth-order valence-corrected chi connectivity index (χ4v) is 3.14. The lowest BCUT2D eigenvalue weighted by Gasteiger charge is -2.21. The van der Waals surface area contributed by atoms with Crippen LogP contribution in [0.1, 0.15) is 25.0 Å². The predicted octanol–water partition coefficient (Wildman–Crippen LogP) is 2.76. The van der Waals surface area contributed by atoms with Crippen molar-refractivity contribution in [2.45, 2.75) is 25.9 Å². The van der Waals surface area contributed by atoms with Crippen LogP contribution in [0.5, 0.6) is 5.75 Å². The molecule has 25 heavy (non-hydrogen) atoms. The Balaban J connectivity index is 1.88. The molecule has 0 aliphatic heterocycles. The van der Waals surface area contributed by atoms with Gasteiger partial charge in [0.05, 0.1) is 13.7 Å². The second-order valence-corrected chi connectivity index (χ2v) is 6.79. The SMILES string of the molecule is CCNC(=NCC(C)(O)c1ccsc1)NCCc1ccc(OC)cc1. The molecule has 0 saturated carbocycles. The third-order valence-electron chi connectivity index (χ3n) is 3.90. The second-order valence-electron chi connectivity index (χ2n) is 6.01. The molecular weight excluding hydrogens is 334 g/mol. The first-order chi connectivity index (χ1) is 12.0. The number of guanidine groups is 1. The minimum absolute atomic E-state index is 0.307. The minimum atomic E-state index is -0.960. The summed E-state index contributed by atoms with van der Waals surface area (Å²) in [5.41, 5.74) is 1.17. The average molecular weight is 362 g/mol. The maximum Gasteiger partial charge on any atom is 0.191 e. The molecule has 0 spiro atoms. The highest BCUT2D eigenvalue weighted by atomic mass is 32.1. The van der Waals surface area contributed by atoms with Crippen LogP contribution in [0, 0.1) is 0 Å². The molecule has 1 unspecified atom stereocenters. The Labute approximate surface area is 153 Å². The van der Waals surface area contributed by atoms with Crippen LogP contribution in [-0.4, -0.2) is 37.8 Å². The number of aliphatic imine (C=N–C) groups is 1. The lowest BCUT2D eigenvalue weighted by Crippen LogP contribution is -2.39. The van der Waals surface area contributed by atoms with Crippen LogP contribution in [0.4, 0.5) is 0 Å². The highest BCUT2D eigenvalue weighted by Gasteiger charge is 2.23. The zero-order valence-electron chi connectivity index (χ0n) is 15.1. The summed E-state index contributed by atoms with van der Waals surface area (Å²) < 4.78 is 5.17. The van der Waals surface area contributed by atoms with Crippen molar-refractivity contribution in [3.05, 3.63) is 52.2 Å². The first-order valence-electron chi connectivity index (χ1n) is 8.45. The van der Waals surface area contributed by atoms with Gasteiger partial charge in [-0.05, 0) is 60.4 Å². The molecule has 2 rings (SSSR count). The summed E-state index contributed by atoms with van der Waals surface area (Å²) in [7, 11) is 1.67. The van der Waals surface area contributed by atoms with E-state index in [-0.39, 0.29) is 0 Å². The van der Waals surface area contributed by atoms with Gasteiger partial charge in [0.15, 0.2) is 5.96 Å². The molecule has 0 aliphatic carbocycles. The molecule has 3 N–H and O–H groups in total. The number of hydrogen-bond acceptors (Lipinski definition) is 4. The van der Waals surface area contributed by atoms with Crippen molar-refractivity contribution in [2.24, 2.45) is 4.99 Å². The van der Waals surface area contributed by atoms with Crippen molar-refractivity contribution < 1.29 is 9.84 Å². The van der Waals surface area contributed by atoms with E-state index in [1.54, 1.807) is 25.4 Å². The van der Waals surface area contributed by atoms with Gasteiger partial charge in [-0.2, -0.15) is 11.3 Å². The van der Waals surface area contributed by atoms with E-state index in [0.717, 1.165) is 30.8 Å². The van der Waals surface area contributed by atoms with Gasteiger partial charge in [-0.1, -0.05) is 12.1 Å². The van der Waals surface area contributed by atoms with E-state index in [2.05, 4.69) is 27.8 Å². The highest BCUT2D eigenvalue weighted by molar-refractivity contribution is 7.08. The van der Waals surface area contributed by atoms with E-state index in [9.17, 15) is 5.11 Å². The number of ether oxygens (including phenoxy) is 1. The van der Waals surface area contributed by atoms with E-state index in [4.69, 9.17) is 4.74 Å². The van der Waals surface area contributed by atoms with Gasteiger partial charge in [-0.15, -0.1) is 0 Å². The summed E-state index contributed by atoms with van der Waals surface area (Å²) in [5, 5.41) is 21.0. The Hall–Kier alpha value is -2.05. The zero-order chi connectivity index (χ0) is 18.1. The summed E-state index contributed by atoms with van der Waals surface area (Å²) in [6.07, 6.45) is 0.884. The third kappa shape index (κ3) is 6.07. The van der Waals surface area contributed by atoms with Gasteiger partial charge in [-0.3, -0.25) is 0 Å². The van der Waals surface area contributed by atoms with Crippen LogP contribution in [-0.2, 0) is 12.0 Å². The first kappa shape index (κ1) is 19.3. The molecule has 6 heteroatoms. The Morgan fingerprint density at radius 1 is 1.24 bits per heavy atom. The number of thiophene rings is 1. The average Bonchev–Trinajstić information content (AvgIpc) is 3.16. The molecule has 0 aliphatic rings. The molecule has 1 aromatic heterocycles. The van der Waals surface area contributed by atoms with Crippen LogP contribution < -0.4 is 15.4 Å². The highest BCUT2D eigenvalue weighted by Crippen LogP contribution is 2.23. The summed E-state index contributed by atoms with van der Waals surface area (Å²) in [6, 6.07) is 9.99. The normalized spacial score (nSPS) is 14.0. The standard InChI is InChI=1S/C19H27N3O2S/c1-4-20-18(22-14-19(2,23)16-10-12-25-13-16)21-11-9-15-5-7-17(24-3)8-6-15/h5-8,10,12-13,23H,4,9,11,14H2,1-3H3,(H2,20,21,22). The summed E-state index contributed by atoms with van der Waals surface area (Å²) >= 11 is 1.58. The smallest absolute Gasteiger partial charge is 0.191 e. The Morgan fingerprint density at radius 3 is 2.60 bits per heavy atom. The number of nitrogens with one attached hydrogen (secondary N) is 2. The molecule has 136 valence electrons. The lowest BCUT2D eigenvalue weighted by molar-refractivity contribution is 0.0677. The van der Waals surface area contributed by atoms with Crippen LogP contribution in [0.25, 0.3) is 0 Å². The van der Waals surface area contributed by atoms with Crippen molar-refractivity contribution in [3.63, 3.8) is 0 Å². The molecule has 0 radical (unpaired) electrons. The number of nitrogens with zero attached hydrogens (tertiary/aromatic N) is 1. The van der Waals surface area contributed by atoms with Crippen molar-refractivity contribution in [2.75, 3.05) is 26.7 Å². The van der Waals surface area contributed by atoms with Crippen LogP contribution >= 0.6 is 11.3 Å².